The number of hydrogen-bond acceptors (Lipinski definition) is 6. The first-order valence-corrected chi connectivity index (χ1v) is 5.64. The topological polar surface area (TPSA) is 144 Å². The Morgan fingerprint density at radius 3 is 2.43 bits per heavy atom. The van der Waals surface area contributed by atoms with Gasteiger partial charge in [0.1, 0.15) is 0 Å². The van der Waals surface area contributed by atoms with Gasteiger partial charge < -0.3 is 5.11 Å². The fraction of sp³-hybridized carbons (Fsp3) is 0.200. The normalized spacial score (nSPS) is 11.3. The van der Waals surface area contributed by atoms with E-state index in [0.29, 0.717) is 0 Å². The van der Waals surface area contributed by atoms with Crippen molar-refractivity contribution in [3.63, 3.8) is 0 Å². The lowest BCUT2D eigenvalue weighted by Gasteiger charge is -2.03. The lowest BCUT2D eigenvalue weighted by atomic mass is 10.4. The Kier molecular flexibility index (Phi) is 2.36. The van der Waals surface area contributed by atoms with Gasteiger partial charge in [-0.15, -0.1) is 0 Å². The second-order valence-corrected chi connectivity index (χ2v) is 4.33. The molecule has 3 rings (SSSR count). The Bertz CT molecular complexity index is 1100. The van der Waals surface area contributed by atoms with Crippen molar-refractivity contribution in [2.45, 2.75) is 0 Å². The fourth-order valence-corrected chi connectivity index (χ4v) is 2.09. The minimum Gasteiger partial charge on any atom is -0.476 e. The summed E-state index contributed by atoms with van der Waals surface area (Å²) in [6.45, 7) is 0. The highest BCUT2D eigenvalue weighted by Crippen LogP contribution is 2.06. The van der Waals surface area contributed by atoms with E-state index in [0.717, 1.165) is 13.5 Å². The zero-order chi connectivity index (χ0) is 15.5. The summed E-state index contributed by atoms with van der Waals surface area (Å²) in [5.74, 6) is -1.66. The molecule has 0 atom stereocenters. The molecule has 3 aromatic heterocycles. The maximum atomic E-state index is 12.1. The largest absolute Gasteiger partial charge is 0.476 e. The van der Waals surface area contributed by atoms with Gasteiger partial charge in [0.25, 0.3) is 11.1 Å². The predicted octanol–water partition coefficient (Wildman–Crippen LogP) is -2.33. The Morgan fingerprint density at radius 2 is 1.81 bits per heavy atom. The molecule has 11 heteroatoms. The van der Waals surface area contributed by atoms with Crippen molar-refractivity contribution in [1.82, 2.24) is 28.7 Å². The van der Waals surface area contributed by atoms with Crippen LogP contribution in [-0.4, -0.2) is 39.8 Å². The van der Waals surface area contributed by atoms with E-state index >= 15 is 0 Å². The number of nitrogens with zero attached hydrogens (tertiary/aromatic N) is 5. The van der Waals surface area contributed by atoms with Crippen LogP contribution in [0.25, 0.3) is 16.9 Å². The van der Waals surface area contributed by atoms with E-state index in [4.69, 9.17) is 5.11 Å². The molecule has 0 fully saturated rings. The van der Waals surface area contributed by atoms with Crippen molar-refractivity contribution in [2.75, 3.05) is 0 Å². The molecule has 0 saturated heterocycles. The third-order valence-electron chi connectivity index (χ3n) is 3.13. The van der Waals surface area contributed by atoms with Crippen molar-refractivity contribution in [2.24, 2.45) is 14.1 Å². The van der Waals surface area contributed by atoms with Crippen LogP contribution in [0.15, 0.2) is 14.4 Å². The van der Waals surface area contributed by atoms with Crippen LogP contribution in [0.4, 0.5) is 0 Å². The SMILES string of the molecule is Cn1c(=O)c2nc3[nH]nc(C(=O)O)c(=O)n3c2n(C)c1=O. The Balaban J connectivity index is 2.73. The van der Waals surface area contributed by atoms with Crippen LogP contribution in [0.1, 0.15) is 10.5 Å². The molecule has 0 aliphatic heterocycles. The molecule has 0 radical (unpaired) electrons. The second-order valence-electron chi connectivity index (χ2n) is 4.33. The molecule has 11 nitrogen and oxygen atoms in total. The molecule has 0 aliphatic rings. The molecule has 0 bridgehead atoms. The summed E-state index contributed by atoms with van der Waals surface area (Å²) >= 11 is 0. The number of aromatic nitrogens is 6. The summed E-state index contributed by atoms with van der Waals surface area (Å²) in [6, 6.07) is 0. The van der Waals surface area contributed by atoms with Gasteiger partial charge in [0.05, 0.1) is 0 Å². The lowest BCUT2D eigenvalue weighted by Crippen LogP contribution is -2.38. The number of carbonyl (C=O) groups is 1. The Morgan fingerprint density at radius 1 is 1.14 bits per heavy atom. The quantitative estimate of drug-likeness (QED) is 0.511. The summed E-state index contributed by atoms with van der Waals surface area (Å²) in [7, 11) is 2.62. The van der Waals surface area contributed by atoms with E-state index in [1.165, 1.54) is 14.1 Å². The summed E-state index contributed by atoms with van der Waals surface area (Å²) in [4.78, 5) is 50.9. The smallest absolute Gasteiger partial charge is 0.362 e. The van der Waals surface area contributed by atoms with Crippen LogP contribution in [-0.2, 0) is 14.1 Å². The molecule has 0 aliphatic carbocycles. The molecule has 0 saturated carbocycles. The zero-order valence-electron chi connectivity index (χ0n) is 10.8. The van der Waals surface area contributed by atoms with Crippen molar-refractivity contribution < 1.29 is 9.90 Å². The van der Waals surface area contributed by atoms with Crippen LogP contribution < -0.4 is 16.8 Å². The maximum absolute atomic E-state index is 12.1. The van der Waals surface area contributed by atoms with Crippen molar-refractivity contribution >= 4 is 22.9 Å². The van der Waals surface area contributed by atoms with Gasteiger partial charge >= 0.3 is 11.7 Å². The molecular weight excluding hydrogens is 284 g/mol. The third kappa shape index (κ3) is 1.47. The van der Waals surface area contributed by atoms with E-state index < -0.39 is 28.5 Å². The van der Waals surface area contributed by atoms with E-state index in [1.807, 2.05) is 0 Å². The fourth-order valence-electron chi connectivity index (χ4n) is 2.09. The van der Waals surface area contributed by atoms with Gasteiger partial charge in [-0.25, -0.2) is 24.1 Å². The number of hydrogen-bond donors (Lipinski definition) is 2. The van der Waals surface area contributed by atoms with Gasteiger partial charge in [-0.1, -0.05) is 0 Å². The third-order valence-corrected chi connectivity index (χ3v) is 3.13. The number of nitrogens with one attached hydrogen (secondary N) is 1. The number of imidazole rings is 1. The molecule has 0 amide bonds. The molecule has 3 aromatic rings. The van der Waals surface area contributed by atoms with Gasteiger partial charge in [0.2, 0.25) is 11.5 Å². The Hall–Kier alpha value is -3.24. The van der Waals surface area contributed by atoms with Crippen LogP contribution in [0.3, 0.4) is 0 Å². The minimum absolute atomic E-state index is 0.0933. The van der Waals surface area contributed by atoms with Crippen molar-refractivity contribution in [1.29, 1.82) is 0 Å². The summed E-state index contributed by atoms with van der Waals surface area (Å²) < 4.78 is 2.72. The summed E-state index contributed by atoms with van der Waals surface area (Å²) in [5, 5.41) is 14.6. The highest BCUT2D eigenvalue weighted by atomic mass is 16.4. The van der Waals surface area contributed by atoms with Crippen molar-refractivity contribution in [3.05, 3.63) is 36.9 Å². The molecule has 0 unspecified atom stereocenters. The van der Waals surface area contributed by atoms with Gasteiger partial charge in [0, 0.05) is 14.1 Å². The number of carboxylic acid groups (broad SMARTS) is 1. The highest BCUT2D eigenvalue weighted by molar-refractivity contribution is 5.85. The number of aryl methyl sites for hydroxylation is 1. The summed E-state index contributed by atoms with van der Waals surface area (Å²) in [6.07, 6.45) is 0. The van der Waals surface area contributed by atoms with Crippen LogP contribution in [0.5, 0.6) is 0 Å². The first kappa shape index (κ1) is 12.8. The first-order valence-electron chi connectivity index (χ1n) is 5.64. The van der Waals surface area contributed by atoms with Gasteiger partial charge in [-0.05, 0) is 0 Å². The van der Waals surface area contributed by atoms with Gasteiger partial charge in [-0.2, -0.15) is 5.10 Å². The molecular formula is C10H8N6O5. The lowest BCUT2D eigenvalue weighted by molar-refractivity contribution is 0.0687. The van der Waals surface area contributed by atoms with E-state index in [1.54, 1.807) is 0 Å². The second kappa shape index (κ2) is 3.88. The number of fused-ring (bicyclic) bond motifs is 3. The molecule has 2 N–H and O–H groups in total. The molecule has 108 valence electrons. The average Bonchev–Trinajstić information content (AvgIpc) is 2.83. The number of rotatable bonds is 1. The zero-order valence-corrected chi connectivity index (χ0v) is 10.8. The monoisotopic (exact) mass is 292 g/mol. The molecule has 0 aromatic carbocycles. The minimum atomic E-state index is -1.53. The van der Waals surface area contributed by atoms with Gasteiger partial charge in [0.15, 0.2) is 11.2 Å². The van der Waals surface area contributed by atoms with Gasteiger partial charge in [-0.3, -0.25) is 18.7 Å². The number of H-pyrrole nitrogens is 1. The molecule has 3 heterocycles. The number of aromatic amines is 1. The number of carboxylic acids is 1. The van der Waals surface area contributed by atoms with E-state index in [-0.39, 0.29) is 16.9 Å². The van der Waals surface area contributed by atoms with Crippen LogP contribution >= 0.6 is 0 Å². The van der Waals surface area contributed by atoms with E-state index in [9.17, 15) is 19.2 Å². The number of aromatic carboxylic acids is 1. The van der Waals surface area contributed by atoms with E-state index in [2.05, 4.69) is 15.2 Å². The average molecular weight is 292 g/mol. The van der Waals surface area contributed by atoms with Crippen LogP contribution in [0, 0.1) is 0 Å². The highest BCUT2D eigenvalue weighted by Gasteiger charge is 2.21. The summed E-state index contributed by atoms with van der Waals surface area (Å²) in [5.41, 5.74) is -3.35. The maximum Gasteiger partial charge on any atom is 0.362 e. The molecule has 0 spiro atoms. The van der Waals surface area contributed by atoms with Crippen molar-refractivity contribution in [3.8, 4) is 0 Å². The Labute approximate surface area is 113 Å². The molecule has 21 heavy (non-hydrogen) atoms. The standard InChI is InChI=1S/C10H8N6O5/c1-14-5-3(6(17)15(2)10(14)21)11-9-13-12-4(8(19)20)7(18)16(5)9/h1-2H3,(H,11,13)(H,19,20). The van der Waals surface area contributed by atoms with Crippen LogP contribution in [0.2, 0.25) is 0 Å². The first-order chi connectivity index (χ1) is 9.84. The predicted molar refractivity (Wildman–Crippen MR) is 68.6 cm³/mol.